The number of aliphatic hydroxyl groups excluding tert-OH is 2. The Hall–Kier alpha value is -2.26. The van der Waals surface area contributed by atoms with Gasteiger partial charge in [0, 0.05) is 11.6 Å². The maximum absolute atomic E-state index is 11.5. The fraction of sp³-hybridized carbons (Fsp3) is 0.667. The van der Waals surface area contributed by atoms with E-state index in [2.05, 4.69) is 0 Å². The molecular weight excluding hydrogens is 356 g/mol. The summed E-state index contributed by atoms with van der Waals surface area (Å²) in [6, 6.07) is 1.29. The number of hydrogen-bond donors (Lipinski definition) is 3. The van der Waals surface area contributed by atoms with E-state index in [-0.39, 0.29) is 17.8 Å². The van der Waals surface area contributed by atoms with E-state index in [0.717, 1.165) is 0 Å². The zero-order chi connectivity index (χ0) is 19.7. The molecule has 9 nitrogen and oxygen atoms in total. The fourth-order valence-corrected chi connectivity index (χ4v) is 6.01. The van der Waals surface area contributed by atoms with Gasteiger partial charge in [0.1, 0.15) is 0 Å². The summed E-state index contributed by atoms with van der Waals surface area (Å²) in [5.41, 5.74) is -0.654. The van der Waals surface area contributed by atoms with Crippen LogP contribution < -0.4 is 0 Å². The summed E-state index contributed by atoms with van der Waals surface area (Å²) in [5.74, 6) is -0.843. The molecule has 3 N–H and O–H groups in total. The van der Waals surface area contributed by atoms with Crippen molar-refractivity contribution in [1.82, 2.24) is 0 Å². The molecule has 3 aliphatic rings. The Labute approximate surface area is 154 Å². The van der Waals surface area contributed by atoms with Gasteiger partial charge in [-0.25, -0.2) is 0 Å². The predicted octanol–water partition coefficient (Wildman–Crippen LogP) is 2.40. The molecule has 0 spiro atoms. The molecule has 2 saturated carbocycles. The Morgan fingerprint density at radius 1 is 1.19 bits per heavy atom. The van der Waals surface area contributed by atoms with Crippen molar-refractivity contribution in [3.05, 3.63) is 37.4 Å². The number of nitro groups is 2. The lowest BCUT2D eigenvalue weighted by atomic mass is 9.55. The monoisotopic (exact) mass is 378 g/mol. The molecule has 27 heavy (non-hydrogen) atoms. The minimum absolute atomic E-state index is 0.0568. The SMILES string of the molecule is C[C@]12CC[C@@H]3c4cc([N+](=O)[O-])c(O)c([N+](=O)[O-])c4CC[C@H]3[C@@H]1C[C@@H](O)[C@@H]2O. The van der Waals surface area contributed by atoms with Crippen LogP contribution in [0.25, 0.3) is 0 Å². The molecule has 6 atom stereocenters. The molecule has 0 aromatic heterocycles. The van der Waals surface area contributed by atoms with Crippen LogP contribution in [0.4, 0.5) is 11.4 Å². The van der Waals surface area contributed by atoms with Gasteiger partial charge in [0.15, 0.2) is 0 Å². The first-order valence-electron chi connectivity index (χ1n) is 9.20. The maximum atomic E-state index is 11.5. The van der Waals surface area contributed by atoms with E-state index in [9.17, 15) is 35.5 Å². The lowest BCUT2D eigenvalue weighted by Crippen LogP contribution is -2.44. The number of rotatable bonds is 2. The van der Waals surface area contributed by atoms with Crippen LogP contribution in [0.3, 0.4) is 0 Å². The molecule has 9 heteroatoms. The van der Waals surface area contributed by atoms with Crippen molar-refractivity contribution in [1.29, 1.82) is 0 Å². The summed E-state index contributed by atoms with van der Waals surface area (Å²) in [7, 11) is 0. The highest BCUT2D eigenvalue weighted by molar-refractivity contribution is 5.67. The third-order valence-corrected chi connectivity index (χ3v) is 7.31. The normalized spacial score (nSPS) is 37.2. The van der Waals surface area contributed by atoms with Crippen LogP contribution in [-0.4, -0.2) is 37.4 Å². The quantitative estimate of drug-likeness (QED) is 0.529. The van der Waals surface area contributed by atoms with Crippen molar-refractivity contribution in [3.8, 4) is 5.75 Å². The van der Waals surface area contributed by atoms with Crippen LogP contribution in [0.1, 0.15) is 49.7 Å². The van der Waals surface area contributed by atoms with Crippen LogP contribution in [-0.2, 0) is 6.42 Å². The molecule has 4 rings (SSSR count). The van der Waals surface area contributed by atoms with E-state index in [1.807, 2.05) is 6.92 Å². The smallest absolute Gasteiger partial charge is 0.321 e. The van der Waals surface area contributed by atoms with Gasteiger partial charge in [-0.2, -0.15) is 0 Å². The van der Waals surface area contributed by atoms with Crippen molar-refractivity contribution in [2.75, 3.05) is 0 Å². The molecule has 0 heterocycles. The topological polar surface area (TPSA) is 147 Å². The molecule has 1 aromatic rings. The Morgan fingerprint density at radius 2 is 1.89 bits per heavy atom. The van der Waals surface area contributed by atoms with Crippen LogP contribution in [0.2, 0.25) is 0 Å². The van der Waals surface area contributed by atoms with Gasteiger partial charge in [0.25, 0.3) is 5.75 Å². The Kier molecular flexibility index (Phi) is 3.94. The number of hydrogen-bond acceptors (Lipinski definition) is 7. The first-order valence-corrected chi connectivity index (χ1v) is 9.20. The Morgan fingerprint density at radius 3 is 2.52 bits per heavy atom. The Bertz CT molecular complexity index is 841. The van der Waals surface area contributed by atoms with E-state index in [1.54, 1.807) is 0 Å². The highest BCUT2D eigenvalue weighted by Gasteiger charge is 2.58. The first kappa shape index (κ1) is 18.1. The highest BCUT2D eigenvalue weighted by atomic mass is 16.6. The van der Waals surface area contributed by atoms with Gasteiger partial charge in [0.05, 0.1) is 22.1 Å². The average Bonchev–Trinajstić information content (AvgIpc) is 2.84. The van der Waals surface area contributed by atoms with Crippen LogP contribution in [0.5, 0.6) is 5.75 Å². The van der Waals surface area contributed by atoms with Gasteiger partial charge < -0.3 is 15.3 Å². The minimum atomic E-state index is -0.880. The maximum Gasteiger partial charge on any atom is 0.321 e. The van der Waals surface area contributed by atoms with Crippen molar-refractivity contribution in [2.45, 2.75) is 57.2 Å². The van der Waals surface area contributed by atoms with Crippen molar-refractivity contribution in [2.24, 2.45) is 17.3 Å². The lowest BCUT2D eigenvalue weighted by Gasteiger charge is -2.49. The Balaban J connectivity index is 1.83. The summed E-state index contributed by atoms with van der Waals surface area (Å²) in [6.07, 6.45) is 1.13. The molecule has 0 unspecified atom stereocenters. The van der Waals surface area contributed by atoms with Crippen molar-refractivity contribution < 1.29 is 25.2 Å². The minimum Gasteiger partial charge on any atom is -0.497 e. The van der Waals surface area contributed by atoms with Crippen molar-refractivity contribution >= 4 is 11.4 Å². The molecule has 0 radical (unpaired) electrons. The van der Waals surface area contributed by atoms with Gasteiger partial charge in [-0.1, -0.05) is 6.92 Å². The van der Waals surface area contributed by atoms with Crippen LogP contribution in [0, 0.1) is 37.5 Å². The van der Waals surface area contributed by atoms with E-state index in [1.165, 1.54) is 6.07 Å². The molecule has 0 saturated heterocycles. The largest absolute Gasteiger partial charge is 0.497 e. The van der Waals surface area contributed by atoms with Gasteiger partial charge in [0.2, 0.25) is 0 Å². The number of phenolic OH excluding ortho intramolecular Hbond substituents is 1. The highest BCUT2D eigenvalue weighted by Crippen LogP contribution is 2.62. The molecular formula is C18H22N2O7. The van der Waals surface area contributed by atoms with E-state index in [0.29, 0.717) is 43.2 Å². The predicted molar refractivity (Wildman–Crippen MR) is 93.4 cm³/mol. The average molecular weight is 378 g/mol. The lowest BCUT2D eigenvalue weighted by molar-refractivity contribution is -0.396. The third kappa shape index (κ3) is 2.37. The third-order valence-electron chi connectivity index (χ3n) is 7.31. The number of aromatic hydroxyl groups is 1. The number of aliphatic hydroxyl groups is 2. The molecule has 2 fully saturated rings. The summed E-state index contributed by atoms with van der Waals surface area (Å²) in [5, 5.41) is 53.6. The second kappa shape index (κ2) is 5.87. The zero-order valence-electron chi connectivity index (χ0n) is 14.9. The first-order chi connectivity index (χ1) is 12.7. The number of nitro benzene ring substituents is 2. The summed E-state index contributed by atoms with van der Waals surface area (Å²) in [4.78, 5) is 21.3. The summed E-state index contributed by atoms with van der Waals surface area (Å²) < 4.78 is 0. The second-order valence-electron chi connectivity index (χ2n) is 8.38. The van der Waals surface area contributed by atoms with E-state index in [4.69, 9.17) is 0 Å². The van der Waals surface area contributed by atoms with Gasteiger partial charge >= 0.3 is 11.4 Å². The number of benzene rings is 1. The molecule has 3 aliphatic carbocycles. The standard InChI is InChI=1S/C18H22N2O7/c1-18-5-4-8-9(12(18)7-14(21)17(18)23)2-3-10-11(8)6-13(19(24)25)16(22)15(10)20(26)27/h6,8-9,12,14,17,21-23H,2-5,7H2,1H3/t8-,9+,12-,14+,17-,18-/m0/s1. The van der Waals surface area contributed by atoms with Gasteiger partial charge in [-0.15, -0.1) is 0 Å². The molecule has 146 valence electrons. The second-order valence-corrected chi connectivity index (χ2v) is 8.38. The van der Waals surface area contributed by atoms with E-state index >= 15 is 0 Å². The molecule has 1 aromatic carbocycles. The molecule has 0 bridgehead atoms. The molecule has 0 aliphatic heterocycles. The van der Waals surface area contributed by atoms with Crippen LogP contribution in [0.15, 0.2) is 6.07 Å². The fourth-order valence-electron chi connectivity index (χ4n) is 6.01. The summed E-state index contributed by atoms with van der Waals surface area (Å²) >= 11 is 0. The van der Waals surface area contributed by atoms with Crippen molar-refractivity contribution in [3.63, 3.8) is 0 Å². The number of fused-ring (bicyclic) bond motifs is 5. The van der Waals surface area contributed by atoms with E-state index < -0.39 is 44.6 Å². The van der Waals surface area contributed by atoms with Crippen LogP contribution >= 0.6 is 0 Å². The molecule has 0 amide bonds. The number of phenols is 1. The number of nitrogens with zero attached hydrogens (tertiary/aromatic N) is 2. The zero-order valence-corrected chi connectivity index (χ0v) is 14.9. The van der Waals surface area contributed by atoms with Gasteiger partial charge in [-0.3, -0.25) is 20.2 Å². The van der Waals surface area contributed by atoms with Gasteiger partial charge in [-0.05, 0) is 60.8 Å². The summed E-state index contributed by atoms with van der Waals surface area (Å²) in [6.45, 7) is 1.98.